The number of amides is 2. The van der Waals surface area contributed by atoms with Crippen LogP contribution in [-0.2, 0) is 16.0 Å². The summed E-state index contributed by atoms with van der Waals surface area (Å²) in [4.78, 5) is 29.5. The number of aromatic nitrogens is 1. The first kappa shape index (κ1) is 21.1. The predicted molar refractivity (Wildman–Crippen MR) is 115 cm³/mol. The molecule has 1 aromatic carbocycles. The zero-order chi connectivity index (χ0) is 21.6. The Morgan fingerprint density at radius 3 is 2.90 bits per heavy atom. The number of rotatable bonds is 6. The third-order valence-electron chi connectivity index (χ3n) is 5.53. The van der Waals surface area contributed by atoms with Gasteiger partial charge in [-0.3, -0.25) is 9.59 Å². The molecule has 31 heavy (non-hydrogen) atoms. The molecule has 8 heteroatoms. The molecule has 2 aliphatic rings. The zero-order valence-electron chi connectivity index (χ0n) is 17.7. The molecule has 0 radical (unpaired) electrons. The number of carbonyl (C=O) groups is 2. The highest BCUT2D eigenvalue weighted by atomic mass is 16.6. The molecule has 164 valence electrons. The average molecular weight is 425 g/mol. The monoisotopic (exact) mass is 424 g/mol. The molecule has 2 amide bonds. The highest BCUT2D eigenvalue weighted by molar-refractivity contribution is 5.78. The molecule has 2 N–H and O–H groups in total. The lowest BCUT2D eigenvalue weighted by Gasteiger charge is -2.34. The molecule has 0 spiro atoms. The Labute approximate surface area is 181 Å². The second-order valence-electron chi connectivity index (χ2n) is 7.89. The van der Waals surface area contributed by atoms with E-state index in [1.165, 1.54) is 12.5 Å². The Kier molecular flexibility index (Phi) is 6.66. The smallest absolute Gasteiger partial charge is 0.257 e. The number of benzene rings is 1. The lowest BCUT2D eigenvalue weighted by atomic mass is 10.0. The van der Waals surface area contributed by atoms with E-state index in [0.29, 0.717) is 44.3 Å². The minimum atomic E-state index is -0.180. The molecule has 2 aromatic rings. The fraction of sp³-hybridized carbons (Fsp3) is 0.435. The van der Waals surface area contributed by atoms with Crippen molar-refractivity contribution in [2.24, 2.45) is 0 Å². The standard InChI is InChI=1S/C23H28N4O4/c1-16(28)24-10-8-22(29)27-12-11-25-19(14-27)13-17-4-6-18(7-5-17)21-15-30-20-3-2-9-26-23(20)31-21/h2-7,9,19,21,25H,8,10-15H2,1H3,(H,24,28)/t19?,21-/m1/s1. The maximum Gasteiger partial charge on any atom is 0.257 e. The van der Waals surface area contributed by atoms with Crippen LogP contribution < -0.4 is 20.1 Å². The highest BCUT2D eigenvalue weighted by Crippen LogP contribution is 2.33. The van der Waals surface area contributed by atoms with E-state index < -0.39 is 0 Å². The number of hydrogen-bond acceptors (Lipinski definition) is 6. The van der Waals surface area contributed by atoms with Crippen LogP contribution in [0.5, 0.6) is 11.6 Å². The summed E-state index contributed by atoms with van der Waals surface area (Å²) in [6.07, 6.45) is 2.68. The van der Waals surface area contributed by atoms with Crippen molar-refractivity contribution in [3.8, 4) is 11.6 Å². The van der Waals surface area contributed by atoms with Gasteiger partial charge in [0.2, 0.25) is 11.8 Å². The highest BCUT2D eigenvalue weighted by Gasteiger charge is 2.25. The Balaban J connectivity index is 1.30. The van der Waals surface area contributed by atoms with Gasteiger partial charge < -0.3 is 25.0 Å². The number of nitrogens with one attached hydrogen (secondary N) is 2. The van der Waals surface area contributed by atoms with E-state index in [0.717, 1.165) is 18.5 Å². The molecule has 8 nitrogen and oxygen atoms in total. The van der Waals surface area contributed by atoms with E-state index in [-0.39, 0.29) is 24.0 Å². The van der Waals surface area contributed by atoms with Crippen molar-refractivity contribution in [3.63, 3.8) is 0 Å². The maximum atomic E-state index is 12.4. The Hall–Kier alpha value is -3.13. The van der Waals surface area contributed by atoms with E-state index in [2.05, 4.69) is 39.9 Å². The van der Waals surface area contributed by atoms with Gasteiger partial charge >= 0.3 is 0 Å². The van der Waals surface area contributed by atoms with Crippen molar-refractivity contribution in [2.45, 2.75) is 31.9 Å². The van der Waals surface area contributed by atoms with Gasteiger partial charge in [-0.25, -0.2) is 4.98 Å². The van der Waals surface area contributed by atoms with E-state index >= 15 is 0 Å². The second-order valence-corrected chi connectivity index (χ2v) is 7.89. The summed E-state index contributed by atoms with van der Waals surface area (Å²) in [7, 11) is 0. The summed E-state index contributed by atoms with van der Waals surface area (Å²) in [6, 6.07) is 12.2. The fourth-order valence-electron chi connectivity index (χ4n) is 3.92. The SMILES string of the molecule is CC(=O)NCCC(=O)N1CCNC(Cc2ccc([C@H]3COc4cccnc4O3)cc2)C1. The number of nitrogens with zero attached hydrogens (tertiary/aromatic N) is 2. The van der Waals surface area contributed by atoms with E-state index in [9.17, 15) is 9.59 Å². The summed E-state index contributed by atoms with van der Waals surface area (Å²) in [5.74, 6) is 1.17. The zero-order valence-corrected chi connectivity index (χ0v) is 17.7. The van der Waals surface area contributed by atoms with Gasteiger partial charge in [0.15, 0.2) is 11.9 Å². The van der Waals surface area contributed by atoms with E-state index in [1.54, 1.807) is 6.20 Å². The molecule has 0 aliphatic carbocycles. The van der Waals surface area contributed by atoms with Crippen LogP contribution in [0.1, 0.15) is 30.6 Å². The van der Waals surface area contributed by atoms with Gasteiger partial charge in [-0.2, -0.15) is 0 Å². The van der Waals surface area contributed by atoms with Crippen LogP contribution in [0.2, 0.25) is 0 Å². The Bertz CT molecular complexity index is 918. The molecule has 1 saturated heterocycles. The van der Waals surface area contributed by atoms with Crippen molar-refractivity contribution in [1.82, 2.24) is 20.5 Å². The summed E-state index contributed by atoms with van der Waals surface area (Å²) < 4.78 is 11.7. The first-order chi connectivity index (χ1) is 15.1. The minimum absolute atomic E-state index is 0.0823. The number of fused-ring (bicyclic) bond motifs is 1. The number of pyridine rings is 1. The average Bonchev–Trinajstić information content (AvgIpc) is 2.79. The van der Waals surface area contributed by atoms with Gasteiger partial charge in [-0.15, -0.1) is 0 Å². The maximum absolute atomic E-state index is 12.4. The van der Waals surface area contributed by atoms with Gasteiger partial charge in [0.1, 0.15) is 6.61 Å². The second kappa shape index (κ2) is 9.78. The normalized spacial score (nSPS) is 20.2. The quantitative estimate of drug-likeness (QED) is 0.730. The Morgan fingerprint density at radius 1 is 1.26 bits per heavy atom. The number of hydrogen-bond donors (Lipinski definition) is 2. The van der Waals surface area contributed by atoms with Crippen LogP contribution in [0.25, 0.3) is 0 Å². The van der Waals surface area contributed by atoms with Crippen LogP contribution in [0.15, 0.2) is 42.6 Å². The molecule has 0 saturated carbocycles. The van der Waals surface area contributed by atoms with E-state index in [4.69, 9.17) is 9.47 Å². The van der Waals surface area contributed by atoms with Crippen LogP contribution >= 0.6 is 0 Å². The van der Waals surface area contributed by atoms with Crippen LogP contribution in [-0.4, -0.2) is 60.5 Å². The van der Waals surface area contributed by atoms with Gasteiger partial charge in [-0.1, -0.05) is 24.3 Å². The summed E-state index contributed by atoms with van der Waals surface area (Å²) in [6.45, 7) is 4.44. The summed E-state index contributed by atoms with van der Waals surface area (Å²) >= 11 is 0. The van der Waals surface area contributed by atoms with E-state index in [1.807, 2.05) is 17.0 Å². The first-order valence-electron chi connectivity index (χ1n) is 10.7. The van der Waals surface area contributed by atoms with Crippen LogP contribution in [0.4, 0.5) is 0 Å². The molecule has 4 rings (SSSR count). The van der Waals surface area contributed by atoms with Crippen molar-refractivity contribution in [2.75, 3.05) is 32.8 Å². The van der Waals surface area contributed by atoms with Crippen molar-refractivity contribution < 1.29 is 19.1 Å². The predicted octanol–water partition coefficient (Wildman–Crippen LogP) is 1.46. The molecule has 1 unspecified atom stereocenters. The fourth-order valence-corrected chi connectivity index (χ4v) is 3.92. The molecule has 3 heterocycles. The third kappa shape index (κ3) is 5.52. The minimum Gasteiger partial charge on any atom is -0.484 e. The van der Waals surface area contributed by atoms with Crippen LogP contribution in [0.3, 0.4) is 0 Å². The third-order valence-corrected chi connectivity index (χ3v) is 5.53. The molecule has 2 atom stereocenters. The number of piperazine rings is 1. The summed E-state index contributed by atoms with van der Waals surface area (Å²) in [5, 5.41) is 6.18. The molecule has 2 aliphatic heterocycles. The number of carbonyl (C=O) groups excluding carboxylic acids is 2. The van der Waals surface area contributed by atoms with Gasteiger partial charge in [-0.05, 0) is 29.7 Å². The van der Waals surface area contributed by atoms with Crippen molar-refractivity contribution >= 4 is 11.8 Å². The van der Waals surface area contributed by atoms with Gasteiger partial charge in [0, 0.05) is 51.8 Å². The topological polar surface area (TPSA) is 92.8 Å². The molecule has 1 fully saturated rings. The summed E-state index contributed by atoms with van der Waals surface area (Å²) in [5.41, 5.74) is 2.25. The van der Waals surface area contributed by atoms with Crippen LogP contribution in [0, 0.1) is 0 Å². The van der Waals surface area contributed by atoms with Crippen molar-refractivity contribution in [3.05, 3.63) is 53.7 Å². The van der Waals surface area contributed by atoms with Gasteiger partial charge in [0.25, 0.3) is 5.88 Å². The van der Waals surface area contributed by atoms with Crippen molar-refractivity contribution in [1.29, 1.82) is 0 Å². The lowest BCUT2D eigenvalue weighted by Crippen LogP contribution is -2.53. The lowest BCUT2D eigenvalue weighted by molar-refractivity contribution is -0.132. The Morgan fingerprint density at radius 2 is 2.10 bits per heavy atom. The number of ether oxygens (including phenoxy) is 2. The largest absolute Gasteiger partial charge is 0.484 e. The molecular formula is C23H28N4O4. The molecular weight excluding hydrogens is 396 g/mol. The molecule has 1 aromatic heterocycles. The molecule has 0 bridgehead atoms. The first-order valence-corrected chi connectivity index (χ1v) is 10.7. The van der Waals surface area contributed by atoms with Gasteiger partial charge in [0.05, 0.1) is 0 Å².